The SMILES string of the molecule is CSc1ccc2c(c1)NC(NC(c1oc3ccc(F)cc3c1C)C(F)(F)F)N2. The van der Waals surface area contributed by atoms with Gasteiger partial charge in [0, 0.05) is 15.8 Å². The molecule has 0 saturated carbocycles. The fourth-order valence-electron chi connectivity index (χ4n) is 3.30. The Balaban J connectivity index is 1.65. The lowest BCUT2D eigenvalue weighted by molar-refractivity contribution is -0.162. The second kappa shape index (κ2) is 6.89. The number of aryl methyl sites for hydroxylation is 1. The van der Waals surface area contributed by atoms with Crippen LogP contribution in [0.25, 0.3) is 11.0 Å². The van der Waals surface area contributed by atoms with Crippen LogP contribution in [0, 0.1) is 12.7 Å². The topological polar surface area (TPSA) is 49.2 Å². The molecule has 2 unspecified atom stereocenters. The maximum Gasteiger partial charge on any atom is 0.411 e. The first-order valence-electron chi connectivity index (χ1n) is 8.48. The molecule has 1 aromatic heterocycles. The molecule has 3 aromatic rings. The number of thioether (sulfide) groups is 1. The van der Waals surface area contributed by atoms with E-state index in [1.165, 1.54) is 19.1 Å². The average molecular weight is 411 g/mol. The number of hydrogen-bond donors (Lipinski definition) is 3. The summed E-state index contributed by atoms with van der Waals surface area (Å²) in [6.45, 7) is 1.50. The number of benzene rings is 2. The summed E-state index contributed by atoms with van der Waals surface area (Å²) in [6.07, 6.45) is -3.53. The van der Waals surface area contributed by atoms with Gasteiger partial charge in [-0.3, -0.25) is 5.32 Å². The fraction of sp³-hybridized carbons (Fsp3) is 0.263. The molecule has 0 aliphatic carbocycles. The molecule has 28 heavy (non-hydrogen) atoms. The number of rotatable bonds is 4. The first-order valence-corrected chi connectivity index (χ1v) is 9.71. The van der Waals surface area contributed by atoms with Gasteiger partial charge in [0.1, 0.15) is 17.2 Å². The maximum atomic E-state index is 13.8. The van der Waals surface area contributed by atoms with E-state index in [4.69, 9.17) is 4.42 Å². The zero-order valence-corrected chi connectivity index (χ0v) is 15.8. The molecule has 1 aliphatic heterocycles. The highest BCUT2D eigenvalue weighted by atomic mass is 32.2. The van der Waals surface area contributed by atoms with Crippen LogP contribution < -0.4 is 16.0 Å². The van der Waals surface area contributed by atoms with Gasteiger partial charge < -0.3 is 15.1 Å². The Morgan fingerprint density at radius 1 is 1.11 bits per heavy atom. The van der Waals surface area contributed by atoms with E-state index in [0.717, 1.165) is 11.0 Å². The lowest BCUT2D eigenvalue weighted by atomic mass is 10.1. The van der Waals surface area contributed by atoms with Gasteiger partial charge in [-0.1, -0.05) is 0 Å². The third-order valence-corrected chi connectivity index (χ3v) is 5.41. The molecule has 148 valence electrons. The van der Waals surface area contributed by atoms with Gasteiger partial charge in [0.2, 0.25) is 0 Å². The lowest BCUT2D eigenvalue weighted by Crippen LogP contribution is -2.46. The number of nitrogens with one attached hydrogen (secondary N) is 3. The van der Waals surface area contributed by atoms with Gasteiger partial charge >= 0.3 is 6.18 Å². The van der Waals surface area contributed by atoms with Crippen LogP contribution in [0.5, 0.6) is 0 Å². The molecule has 2 atom stereocenters. The molecule has 9 heteroatoms. The van der Waals surface area contributed by atoms with Crippen LogP contribution >= 0.6 is 11.8 Å². The Hall–Kier alpha value is -2.39. The highest BCUT2D eigenvalue weighted by Gasteiger charge is 2.45. The average Bonchev–Trinajstić information content (AvgIpc) is 3.19. The number of halogens is 4. The molecule has 2 heterocycles. The zero-order chi connectivity index (χ0) is 20.1. The van der Waals surface area contributed by atoms with Gasteiger partial charge in [-0.05, 0) is 49.6 Å². The first-order chi connectivity index (χ1) is 13.3. The third-order valence-electron chi connectivity index (χ3n) is 4.68. The minimum atomic E-state index is -4.61. The van der Waals surface area contributed by atoms with Gasteiger partial charge in [0.25, 0.3) is 0 Å². The molecular formula is C19H17F4N3OS. The number of hydrogen-bond acceptors (Lipinski definition) is 5. The lowest BCUT2D eigenvalue weighted by Gasteiger charge is -2.25. The van der Waals surface area contributed by atoms with Gasteiger partial charge in [0.15, 0.2) is 12.3 Å². The smallest absolute Gasteiger partial charge is 0.411 e. The molecule has 0 fully saturated rings. The van der Waals surface area contributed by atoms with Crippen molar-refractivity contribution < 1.29 is 22.0 Å². The van der Waals surface area contributed by atoms with Crippen molar-refractivity contribution in [1.29, 1.82) is 0 Å². The van der Waals surface area contributed by atoms with E-state index in [9.17, 15) is 17.6 Å². The third kappa shape index (κ3) is 3.40. The highest BCUT2D eigenvalue weighted by molar-refractivity contribution is 7.98. The van der Waals surface area contributed by atoms with E-state index in [0.29, 0.717) is 16.8 Å². The summed E-state index contributed by atoms with van der Waals surface area (Å²) in [5.41, 5.74) is 1.89. The standard InChI is InChI=1S/C19H17F4N3OS/c1-9-12-7-10(20)3-6-15(12)27-16(9)17(19(21,22)23)26-18-24-13-5-4-11(28-2)8-14(13)25-18/h3-8,17-18,24-26H,1-2H3. The number of fused-ring (bicyclic) bond motifs is 2. The van der Waals surface area contributed by atoms with Crippen LogP contribution in [0.15, 0.2) is 45.7 Å². The van der Waals surface area contributed by atoms with Crippen LogP contribution in [0.4, 0.5) is 28.9 Å². The van der Waals surface area contributed by atoms with Gasteiger partial charge in [-0.2, -0.15) is 13.2 Å². The minimum absolute atomic E-state index is 0.213. The Labute approximate surface area is 162 Å². The van der Waals surface area contributed by atoms with E-state index in [2.05, 4.69) is 16.0 Å². The Morgan fingerprint density at radius 3 is 2.57 bits per heavy atom. The van der Waals surface area contributed by atoms with Crippen molar-refractivity contribution in [1.82, 2.24) is 5.32 Å². The normalized spacial score (nSPS) is 17.3. The highest BCUT2D eigenvalue weighted by Crippen LogP contribution is 2.40. The molecule has 0 spiro atoms. The van der Waals surface area contributed by atoms with Crippen LogP contribution in [0.1, 0.15) is 17.4 Å². The van der Waals surface area contributed by atoms with Crippen molar-refractivity contribution >= 4 is 34.1 Å². The molecule has 4 nitrogen and oxygen atoms in total. The molecule has 0 amide bonds. The van der Waals surface area contributed by atoms with Crippen LogP contribution in [-0.4, -0.2) is 18.7 Å². The maximum absolute atomic E-state index is 13.8. The van der Waals surface area contributed by atoms with Gasteiger partial charge in [-0.15, -0.1) is 11.8 Å². The Bertz CT molecular complexity index is 1030. The monoisotopic (exact) mass is 411 g/mol. The summed E-state index contributed by atoms with van der Waals surface area (Å²) in [4.78, 5) is 0.997. The van der Waals surface area contributed by atoms with E-state index < -0.39 is 24.3 Å². The van der Waals surface area contributed by atoms with E-state index in [-0.39, 0.29) is 16.9 Å². The summed E-state index contributed by atoms with van der Waals surface area (Å²) < 4.78 is 60.5. The molecule has 0 bridgehead atoms. The molecule has 0 radical (unpaired) electrons. The largest absolute Gasteiger partial charge is 0.459 e. The minimum Gasteiger partial charge on any atom is -0.459 e. The molecule has 4 rings (SSSR count). The molecular weight excluding hydrogens is 394 g/mol. The molecule has 0 saturated heterocycles. The second-order valence-electron chi connectivity index (χ2n) is 6.51. The van der Waals surface area contributed by atoms with E-state index in [1.807, 2.05) is 24.5 Å². The van der Waals surface area contributed by atoms with Crippen LogP contribution in [0.2, 0.25) is 0 Å². The summed E-state index contributed by atoms with van der Waals surface area (Å²) in [5, 5.41) is 8.85. The van der Waals surface area contributed by atoms with Crippen molar-refractivity contribution in [3.05, 3.63) is 53.5 Å². The molecule has 3 N–H and O–H groups in total. The Morgan fingerprint density at radius 2 is 1.86 bits per heavy atom. The first kappa shape index (κ1) is 18.9. The predicted molar refractivity (Wildman–Crippen MR) is 102 cm³/mol. The number of anilines is 2. The van der Waals surface area contributed by atoms with Crippen LogP contribution in [-0.2, 0) is 0 Å². The molecule has 1 aliphatic rings. The van der Waals surface area contributed by atoms with Gasteiger partial charge in [-0.25, -0.2) is 4.39 Å². The van der Waals surface area contributed by atoms with Gasteiger partial charge in [0.05, 0.1) is 11.4 Å². The summed E-state index contributed by atoms with van der Waals surface area (Å²) in [6, 6.07) is 7.17. The van der Waals surface area contributed by atoms with Crippen molar-refractivity contribution in [2.45, 2.75) is 30.3 Å². The summed E-state index contributed by atoms with van der Waals surface area (Å²) >= 11 is 1.54. The quantitative estimate of drug-likeness (QED) is 0.385. The van der Waals surface area contributed by atoms with E-state index in [1.54, 1.807) is 11.8 Å². The van der Waals surface area contributed by atoms with Crippen molar-refractivity contribution in [2.24, 2.45) is 0 Å². The number of alkyl halides is 3. The predicted octanol–water partition coefficient (Wildman–Crippen LogP) is 5.62. The molecule has 2 aromatic carbocycles. The van der Waals surface area contributed by atoms with E-state index >= 15 is 0 Å². The zero-order valence-electron chi connectivity index (χ0n) is 14.9. The number of furan rings is 1. The summed E-state index contributed by atoms with van der Waals surface area (Å²) in [5.74, 6) is -0.809. The van der Waals surface area contributed by atoms with Crippen molar-refractivity contribution in [3.63, 3.8) is 0 Å². The summed E-state index contributed by atoms with van der Waals surface area (Å²) in [7, 11) is 0. The fourth-order valence-corrected chi connectivity index (χ4v) is 3.74. The van der Waals surface area contributed by atoms with Crippen LogP contribution in [0.3, 0.4) is 0 Å². The van der Waals surface area contributed by atoms with Crippen molar-refractivity contribution in [3.8, 4) is 0 Å². The van der Waals surface area contributed by atoms with Crippen molar-refractivity contribution in [2.75, 3.05) is 16.9 Å². The Kier molecular flexibility index (Phi) is 4.67. The second-order valence-corrected chi connectivity index (χ2v) is 7.39.